The number of methoxy groups -OCH3 is 1. The van der Waals surface area contributed by atoms with Crippen molar-refractivity contribution in [3.63, 3.8) is 0 Å². The molecule has 0 aliphatic heterocycles. The second kappa shape index (κ2) is 7.20. The lowest BCUT2D eigenvalue weighted by Gasteiger charge is -2.20. The minimum Gasteiger partial charge on any atom is -0.497 e. The van der Waals surface area contributed by atoms with Crippen LogP contribution in [-0.2, 0) is 19.4 Å². The molecule has 1 aliphatic rings. The molecule has 0 atom stereocenters. The summed E-state index contributed by atoms with van der Waals surface area (Å²) in [7, 11) is 1.65. The van der Waals surface area contributed by atoms with Crippen molar-refractivity contribution in [2.24, 2.45) is 0 Å². The highest BCUT2D eigenvalue weighted by Gasteiger charge is 2.24. The molecule has 1 aliphatic carbocycles. The van der Waals surface area contributed by atoms with Crippen LogP contribution in [0.5, 0.6) is 5.75 Å². The summed E-state index contributed by atoms with van der Waals surface area (Å²) in [5, 5.41) is 18.5. The zero-order chi connectivity index (χ0) is 20.0. The van der Waals surface area contributed by atoms with E-state index in [0.717, 1.165) is 58.5 Å². The number of hydrogen-bond donors (Lipinski definition) is 1. The van der Waals surface area contributed by atoms with Gasteiger partial charge in [-0.15, -0.1) is 16.4 Å². The molecule has 3 heterocycles. The van der Waals surface area contributed by atoms with E-state index in [9.17, 15) is 9.90 Å². The first-order chi connectivity index (χ1) is 14.2. The van der Waals surface area contributed by atoms with Gasteiger partial charge in [0.15, 0.2) is 0 Å². The number of aromatic nitrogens is 4. The number of fused-ring (bicyclic) bond motifs is 4. The van der Waals surface area contributed by atoms with Crippen molar-refractivity contribution in [2.45, 2.75) is 32.2 Å². The van der Waals surface area contributed by atoms with Crippen LogP contribution in [0.2, 0.25) is 0 Å². The lowest BCUT2D eigenvalue weighted by atomic mass is 9.87. The van der Waals surface area contributed by atoms with Crippen LogP contribution in [0.1, 0.15) is 24.1 Å². The van der Waals surface area contributed by atoms with Crippen molar-refractivity contribution in [3.8, 4) is 16.9 Å². The van der Waals surface area contributed by atoms with Gasteiger partial charge in [0.25, 0.3) is 5.56 Å². The molecule has 5 rings (SSSR count). The predicted molar refractivity (Wildman–Crippen MR) is 113 cm³/mol. The Kier molecular flexibility index (Phi) is 4.52. The van der Waals surface area contributed by atoms with E-state index in [1.54, 1.807) is 7.11 Å². The molecule has 0 saturated heterocycles. The van der Waals surface area contributed by atoms with Crippen molar-refractivity contribution < 1.29 is 9.84 Å². The van der Waals surface area contributed by atoms with Gasteiger partial charge in [0.2, 0.25) is 0 Å². The summed E-state index contributed by atoms with van der Waals surface area (Å²) in [5.41, 5.74) is 4.89. The summed E-state index contributed by atoms with van der Waals surface area (Å²) in [6.45, 7) is -0.0279. The Morgan fingerprint density at radius 1 is 1.21 bits per heavy atom. The third-order valence-electron chi connectivity index (χ3n) is 5.46. The number of hydrogen-bond acceptors (Lipinski definition) is 7. The molecular formula is C21H20N4O3S. The quantitative estimate of drug-likeness (QED) is 0.558. The van der Waals surface area contributed by atoms with Gasteiger partial charge in [-0.1, -0.05) is 17.3 Å². The SMILES string of the molecule is COc1ccc(-c2c3c(nc4sc5c(=O)n(CCO)nnc5c24)CCCC3)cc1. The number of aliphatic hydroxyl groups excluding tert-OH is 1. The van der Waals surface area contributed by atoms with Gasteiger partial charge in [-0.05, 0) is 54.5 Å². The Bertz CT molecular complexity index is 1280. The van der Waals surface area contributed by atoms with Crippen LogP contribution in [0, 0.1) is 0 Å². The van der Waals surface area contributed by atoms with Gasteiger partial charge in [0, 0.05) is 11.1 Å². The fraction of sp³-hybridized carbons (Fsp3) is 0.333. The number of nitrogens with zero attached hydrogens (tertiary/aromatic N) is 4. The number of thiophene rings is 1. The van der Waals surface area contributed by atoms with Gasteiger partial charge < -0.3 is 9.84 Å². The predicted octanol–water partition coefficient (Wildman–Crippen LogP) is 2.95. The summed E-state index contributed by atoms with van der Waals surface area (Å²) < 4.78 is 7.06. The maximum absolute atomic E-state index is 12.9. The van der Waals surface area contributed by atoms with E-state index in [0.29, 0.717) is 10.2 Å². The van der Waals surface area contributed by atoms with E-state index in [2.05, 4.69) is 10.3 Å². The lowest BCUT2D eigenvalue weighted by Crippen LogP contribution is -2.24. The van der Waals surface area contributed by atoms with E-state index in [1.807, 2.05) is 24.3 Å². The van der Waals surface area contributed by atoms with Gasteiger partial charge in [0.1, 0.15) is 20.8 Å². The van der Waals surface area contributed by atoms with Crippen molar-refractivity contribution in [3.05, 3.63) is 45.9 Å². The molecule has 8 heteroatoms. The number of rotatable bonds is 4. The van der Waals surface area contributed by atoms with Crippen molar-refractivity contribution in [1.29, 1.82) is 0 Å². The summed E-state index contributed by atoms with van der Waals surface area (Å²) in [4.78, 5) is 18.6. The van der Waals surface area contributed by atoms with E-state index < -0.39 is 0 Å². The number of pyridine rings is 1. The normalized spacial score (nSPS) is 13.7. The highest BCUT2D eigenvalue weighted by molar-refractivity contribution is 7.25. The Balaban J connectivity index is 1.87. The summed E-state index contributed by atoms with van der Waals surface area (Å²) in [5.74, 6) is 0.801. The van der Waals surface area contributed by atoms with Gasteiger partial charge in [-0.2, -0.15) is 0 Å². The standard InChI is InChI=1S/C21H20N4O3S/c1-28-13-8-6-12(7-9-13)16-14-4-2-3-5-15(14)22-20-17(16)18-19(29-20)21(27)25(10-11-26)24-23-18/h6-9,26H,2-5,10-11H2,1H3. The molecule has 1 aromatic carbocycles. The van der Waals surface area contributed by atoms with Crippen LogP contribution in [-0.4, -0.2) is 38.8 Å². The van der Waals surface area contributed by atoms with Crippen LogP contribution >= 0.6 is 11.3 Å². The highest BCUT2D eigenvalue weighted by atomic mass is 32.1. The number of aryl methyl sites for hydroxylation is 1. The van der Waals surface area contributed by atoms with Crippen LogP contribution < -0.4 is 10.3 Å². The lowest BCUT2D eigenvalue weighted by molar-refractivity contribution is 0.264. The summed E-state index contributed by atoms with van der Waals surface area (Å²) in [6.07, 6.45) is 4.16. The van der Waals surface area contributed by atoms with Gasteiger partial charge >= 0.3 is 0 Å². The molecule has 29 heavy (non-hydrogen) atoms. The summed E-state index contributed by atoms with van der Waals surface area (Å²) >= 11 is 1.36. The molecule has 0 unspecified atom stereocenters. The van der Waals surface area contributed by atoms with Crippen LogP contribution in [0.4, 0.5) is 0 Å². The fourth-order valence-corrected chi connectivity index (χ4v) is 5.17. The van der Waals surface area contributed by atoms with Crippen molar-refractivity contribution in [1.82, 2.24) is 20.0 Å². The molecular weight excluding hydrogens is 388 g/mol. The first-order valence-electron chi connectivity index (χ1n) is 9.68. The van der Waals surface area contributed by atoms with Crippen molar-refractivity contribution >= 4 is 31.8 Å². The topological polar surface area (TPSA) is 90.1 Å². The maximum atomic E-state index is 12.9. The molecule has 0 saturated carbocycles. The van der Waals surface area contributed by atoms with E-state index >= 15 is 0 Å². The number of benzene rings is 1. The Hall–Kier alpha value is -2.84. The molecule has 0 bridgehead atoms. The van der Waals surface area contributed by atoms with Gasteiger partial charge in [-0.25, -0.2) is 9.67 Å². The Morgan fingerprint density at radius 2 is 2.00 bits per heavy atom. The zero-order valence-electron chi connectivity index (χ0n) is 16.0. The van der Waals surface area contributed by atoms with E-state index in [1.165, 1.54) is 21.6 Å². The molecule has 1 N–H and O–H groups in total. The van der Waals surface area contributed by atoms with Gasteiger partial charge in [0.05, 0.1) is 20.3 Å². The minimum absolute atomic E-state index is 0.130. The van der Waals surface area contributed by atoms with Crippen LogP contribution in [0.3, 0.4) is 0 Å². The molecule has 0 fully saturated rings. The van der Waals surface area contributed by atoms with E-state index in [-0.39, 0.29) is 18.7 Å². The van der Waals surface area contributed by atoms with Crippen LogP contribution in [0.25, 0.3) is 31.6 Å². The maximum Gasteiger partial charge on any atom is 0.287 e. The average Bonchev–Trinajstić information content (AvgIpc) is 3.13. The smallest absolute Gasteiger partial charge is 0.287 e. The Labute approximate surface area is 170 Å². The average molecular weight is 408 g/mol. The molecule has 3 aromatic heterocycles. The third-order valence-corrected chi connectivity index (χ3v) is 6.52. The zero-order valence-corrected chi connectivity index (χ0v) is 16.8. The highest BCUT2D eigenvalue weighted by Crippen LogP contribution is 2.42. The van der Waals surface area contributed by atoms with E-state index in [4.69, 9.17) is 9.72 Å². The number of aliphatic hydroxyl groups is 1. The number of ether oxygens (including phenoxy) is 1. The summed E-state index contributed by atoms with van der Waals surface area (Å²) in [6, 6.07) is 8.00. The molecule has 7 nitrogen and oxygen atoms in total. The largest absolute Gasteiger partial charge is 0.497 e. The molecule has 0 spiro atoms. The van der Waals surface area contributed by atoms with Crippen LogP contribution in [0.15, 0.2) is 29.1 Å². The fourth-order valence-electron chi connectivity index (χ4n) is 4.08. The molecule has 148 valence electrons. The first kappa shape index (κ1) is 18.2. The second-order valence-electron chi connectivity index (χ2n) is 7.15. The monoisotopic (exact) mass is 408 g/mol. The Morgan fingerprint density at radius 3 is 2.76 bits per heavy atom. The first-order valence-corrected chi connectivity index (χ1v) is 10.5. The minimum atomic E-state index is -0.231. The molecule has 0 radical (unpaired) electrons. The third kappa shape index (κ3) is 2.90. The molecule has 4 aromatic rings. The second-order valence-corrected chi connectivity index (χ2v) is 8.15. The molecule has 0 amide bonds. The van der Waals surface area contributed by atoms with Crippen molar-refractivity contribution in [2.75, 3.05) is 13.7 Å². The van der Waals surface area contributed by atoms with Gasteiger partial charge in [-0.3, -0.25) is 4.79 Å².